The number of hydrogen-bond donors (Lipinski definition) is 2. The Labute approximate surface area is 195 Å². The molecular formula is C27H24BN3O2. The molecule has 0 aliphatic carbocycles. The molecule has 0 bridgehead atoms. The molecule has 0 unspecified atom stereocenters. The Hall–Kier alpha value is -4.06. The molecule has 1 heterocycles. The van der Waals surface area contributed by atoms with Gasteiger partial charge in [-0.3, -0.25) is 5.41 Å². The van der Waals surface area contributed by atoms with E-state index in [1.165, 1.54) is 0 Å². The van der Waals surface area contributed by atoms with Crippen LogP contribution in [0.3, 0.4) is 0 Å². The number of ether oxygens (including phenoxy) is 2. The van der Waals surface area contributed by atoms with E-state index in [1.54, 1.807) is 25.2 Å². The summed E-state index contributed by atoms with van der Waals surface area (Å²) >= 11 is 0. The van der Waals surface area contributed by atoms with E-state index < -0.39 is 0 Å². The second-order valence-corrected chi connectivity index (χ2v) is 7.48. The summed E-state index contributed by atoms with van der Waals surface area (Å²) in [6, 6.07) is 28.7. The largest absolute Gasteiger partial charge is 0.473 e. The number of rotatable bonds is 9. The van der Waals surface area contributed by atoms with Crippen LogP contribution in [-0.4, -0.2) is 25.6 Å². The van der Waals surface area contributed by atoms with Crippen LogP contribution in [0.15, 0.2) is 91.0 Å². The standard InChI is InChI=1S/C27H24BN3O2/c1-30-24-16-21(28)12-13-22(24)26(29)23-14-15-25(32-17-19-8-4-2-5-9-19)31-27(23)33-18-20-10-6-3-7-11-20/h2-16,29-30H,17-18H2,1H3. The molecule has 5 nitrogen and oxygen atoms in total. The lowest BCUT2D eigenvalue weighted by Gasteiger charge is -2.16. The quantitative estimate of drug-likeness (QED) is 0.302. The maximum atomic E-state index is 8.87. The predicted molar refractivity (Wildman–Crippen MR) is 133 cm³/mol. The smallest absolute Gasteiger partial charge is 0.226 e. The van der Waals surface area contributed by atoms with Gasteiger partial charge >= 0.3 is 0 Å². The van der Waals surface area contributed by atoms with Gasteiger partial charge in [-0.15, -0.1) is 0 Å². The second-order valence-electron chi connectivity index (χ2n) is 7.48. The number of pyridine rings is 1. The Bertz CT molecular complexity index is 1230. The minimum Gasteiger partial charge on any atom is -0.473 e. The minimum absolute atomic E-state index is 0.282. The summed E-state index contributed by atoms with van der Waals surface area (Å²) in [7, 11) is 7.72. The molecule has 3 aromatic carbocycles. The number of aromatic nitrogens is 1. The maximum absolute atomic E-state index is 8.87. The van der Waals surface area contributed by atoms with Crippen molar-refractivity contribution >= 4 is 24.7 Å². The fraction of sp³-hybridized carbons (Fsp3) is 0.111. The highest BCUT2D eigenvalue weighted by Crippen LogP contribution is 2.27. The summed E-state index contributed by atoms with van der Waals surface area (Å²) in [4.78, 5) is 4.59. The van der Waals surface area contributed by atoms with Crippen LogP contribution in [0.2, 0.25) is 0 Å². The third-order valence-corrected chi connectivity index (χ3v) is 5.13. The summed E-state index contributed by atoms with van der Waals surface area (Å²) in [6.45, 7) is 0.724. The van der Waals surface area contributed by atoms with Crippen LogP contribution in [0, 0.1) is 5.41 Å². The fourth-order valence-corrected chi connectivity index (χ4v) is 3.39. The highest BCUT2D eigenvalue weighted by atomic mass is 16.5. The van der Waals surface area contributed by atoms with E-state index in [1.807, 2.05) is 72.8 Å². The van der Waals surface area contributed by atoms with Crippen LogP contribution < -0.4 is 20.3 Å². The number of nitrogens with zero attached hydrogens (tertiary/aromatic N) is 1. The number of hydrogen-bond acceptors (Lipinski definition) is 5. The zero-order chi connectivity index (χ0) is 23.0. The summed E-state index contributed by atoms with van der Waals surface area (Å²) < 4.78 is 12.0. The molecule has 1 aromatic heterocycles. The first-order chi connectivity index (χ1) is 16.1. The van der Waals surface area contributed by atoms with Gasteiger partial charge in [-0.05, 0) is 23.3 Å². The molecule has 0 amide bonds. The van der Waals surface area contributed by atoms with Gasteiger partial charge in [-0.25, -0.2) is 0 Å². The second kappa shape index (κ2) is 10.5. The fourth-order valence-electron chi connectivity index (χ4n) is 3.39. The van der Waals surface area contributed by atoms with Gasteiger partial charge in [-0.1, -0.05) is 78.3 Å². The zero-order valence-electron chi connectivity index (χ0n) is 18.4. The van der Waals surface area contributed by atoms with E-state index in [-0.39, 0.29) is 5.71 Å². The predicted octanol–water partition coefficient (Wildman–Crippen LogP) is 4.49. The molecule has 33 heavy (non-hydrogen) atoms. The van der Waals surface area contributed by atoms with Crippen molar-refractivity contribution in [1.82, 2.24) is 4.98 Å². The third-order valence-electron chi connectivity index (χ3n) is 5.13. The summed E-state index contributed by atoms with van der Waals surface area (Å²) in [5, 5.41) is 12.0. The van der Waals surface area contributed by atoms with E-state index in [4.69, 9.17) is 22.7 Å². The van der Waals surface area contributed by atoms with Gasteiger partial charge < -0.3 is 14.8 Å². The first kappa shape index (κ1) is 22.2. The van der Waals surface area contributed by atoms with Gasteiger partial charge in [0.25, 0.3) is 0 Å². The molecule has 4 aromatic rings. The van der Waals surface area contributed by atoms with E-state index in [2.05, 4.69) is 10.3 Å². The van der Waals surface area contributed by atoms with Gasteiger partial charge in [0.05, 0.1) is 11.3 Å². The van der Waals surface area contributed by atoms with E-state index in [0.29, 0.717) is 41.6 Å². The van der Waals surface area contributed by atoms with Crippen molar-refractivity contribution in [3.8, 4) is 11.8 Å². The SMILES string of the molecule is [B]c1ccc(C(=N)c2ccc(OCc3ccccc3)nc2OCc2ccccc2)c(NC)c1. The third kappa shape index (κ3) is 5.60. The molecule has 2 radical (unpaired) electrons. The van der Waals surface area contributed by atoms with Crippen LogP contribution in [0.25, 0.3) is 0 Å². The average Bonchev–Trinajstić information content (AvgIpc) is 2.87. The average molecular weight is 433 g/mol. The first-order valence-electron chi connectivity index (χ1n) is 10.6. The Morgan fingerprint density at radius 1 is 0.818 bits per heavy atom. The minimum atomic E-state index is 0.282. The summed E-state index contributed by atoms with van der Waals surface area (Å²) in [6.07, 6.45) is 0. The van der Waals surface area contributed by atoms with Crippen molar-refractivity contribution in [2.45, 2.75) is 13.2 Å². The van der Waals surface area contributed by atoms with Crippen LogP contribution in [0.5, 0.6) is 11.8 Å². The number of benzene rings is 3. The molecule has 0 aliphatic heterocycles. The Balaban J connectivity index is 1.63. The Morgan fingerprint density at radius 2 is 1.42 bits per heavy atom. The Kier molecular flexibility index (Phi) is 7.05. The van der Waals surface area contributed by atoms with Crippen LogP contribution in [-0.2, 0) is 13.2 Å². The lowest BCUT2D eigenvalue weighted by atomic mass is 9.91. The lowest BCUT2D eigenvalue weighted by molar-refractivity contribution is 0.267. The highest BCUT2D eigenvalue weighted by Gasteiger charge is 2.17. The summed E-state index contributed by atoms with van der Waals surface area (Å²) in [5.74, 6) is 0.776. The molecule has 0 fully saturated rings. The van der Waals surface area contributed by atoms with Crippen molar-refractivity contribution in [3.05, 3.63) is 113 Å². The highest BCUT2D eigenvalue weighted by molar-refractivity contribution is 6.33. The molecule has 4 rings (SSSR count). The van der Waals surface area contributed by atoms with Crippen LogP contribution in [0.4, 0.5) is 5.69 Å². The van der Waals surface area contributed by atoms with Gasteiger partial charge in [-0.2, -0.15) is 4.98 Å². The van der Waals surface area contributed by atoms with E-state index in [0.717, 1.165) is 16.8 Å². The first-order valence-corrected chi connectivity index (χ1v) is 10.6. The van der Waals surface area contributed by atoms with E-state index in [9.17, 15) is 0 Å². The molecule has 0 saturated carbocycles. The molecule has 2 N–H and O–H groups in total. The molecule has 162 valence electrons. The van der Waals surface area contributed by atoms with Crippen LogP contribution >= 0.6 is 0 Å². The molecule has 0 aliphatic rings. The number of anilines is 1. The molecule has 6 heteroatoms. The van der Waals surface area contributed by atoms with E-state index >= 15 is 0 Å². The Morgan fingerprint density at radius 3 is 2.06 bits per heavy atom. The molecule has 0 atom stereocenters. The van der Waals surface area contributed by atoms with Gasteiger partial charge in [0.1, 0.15) is 21.1 Å². The van der Waals surface area contributed by atoms with Gasteiger partial charge in [0.15, 0.2) is 0 Å². The maximum Gasteiger partial charge on any atom is 0.226 e. The summed E-state index contributed by atoms with van der Waals surface area (Å²) in [5.41, 5.74) is 5.00. The van der Waals surface area contributed by atoms with Gasteiger partial charge in [0, 0.05) is 24.4 Å². The van der Waals surface area contributed by atoms with Crippen molar-refractivity contribution in [2.24, 2.45) is 0 Å². The van der Waals surface area contributed by atoms with Crippen molar-refractivity contribution in [2.75, 3.05) is 12.4 Å². The topological polar surface area (TPSA) is 67.2 Å². The normalized spacial score (nSPS) is 10.5. The van der Waals surface area contributed by atoms with Crippen molar-refractivity contribution < 1.29 is 9.47 Å². The molecular weight excluding hydrogens is 409 g/mol. The van der Waals surface area contributed by atoms with Crippen molar-refractivity contribution in [3.63, 3.8) is 0 Å². The molecule has 0 spiro atoms. The van der Waals surface area contributed by atoms with Crippen LogP contribution in [0.1, 0.15) is 22.3 Å². The number of nitrogens with one attached hydrogen (secondary N) is 2. The lowest BCUT2D eigenvalue weighted by Crippen LogP contribution is -2.13. The monoisotopic (exact) mass is 433 g/mol. The van der Waals surface area contributed by atoms with Gasteiger partial charge in [0.2, 0.25) is 11.8 Å². The zero-order valence-corrected chi connectivity index (χ0v) is 18.4. The molecule has 0 saturated heterocycles. The van der Waals surface area contributed by atoms with Crippen molar-refractivity contribution in [1.29, 1.82) is 5.41 Å².